The van der Waals surface area contributed by atoms with Gasteiger partial charge in [-0.2, -0.15) is 0 Å². The molecule has 1 aromatic carbocycles. The average Bonchev–Trinajstić information content (AvgIpc) is 2.71. The highest BCUT2D eigenvalue weighted by Gasteiger charge is 2.41. The van der Waals surface area contributed by atoms with Crippen molar-refractivity contribution < 1.29 is 18.0 Å². The summed E-state index contributed by atoms with van der Waals surface area (Å²) in [5.74, 6) is -1.69. The normalized spacial score (nSPS) is 21.7. The van der Waals surface area contributed by atoms with Crippen LogP contribution in [0.1, 0.15) is 12.0 Å². The van der Waals surface area contributed by atoms with Gasteiger partial charge in [0, 0.05) is 13.1 Å². The molecule has 0 bridgehead atoms. The van der Waals surface area contributed by atoms with Gasteiger partial charge in [0.25, 0.3) is 6.43 Å². The lowest BCUT2D eigenvalue weighted by molar-refractivity contribution is -0.135. The molecule has 1 heterocycles. The zero-order valence-corrected chi connectivity index (χ0v) is 9.73. The second-order valence-corrected chi connectivity index (χ2v) is 4.42. The van der Waals surface area contributed by atoms with E-state index in [0.29, 0.717) is 13.1 Å². The molecular formula is C13H14F3NO. The maximum atomic E-state index is 13.2. The van der Waals surface area contributed by atoms with Crippen molar-refractivity contribution in [3.63, 3.8) is 0 Å². The number of carbonyl (C=O) groups excluding carboxylic acids is 1. The predicted molar refractivity (Wildman–Crippen MR) is 60.9 cm³/mol. The number of alkyl halides is 3. The lowest BCUT2D eigenvalue weighted by Gasteiger charge is -2.18. The van der Waals surface area contributed by atoms with Crippen LogP contribution in [-0.4, -0.2) is 29.9 Å². The summed E-state index contributed by atoms with van der Waals surface area (Å²) in [6.07, 6.45) is -5.27. The van der Waals surface area contributed by atoms with E-state index >= 15 is 0 Å². The first-order chi connectivity index (χ1) is 8.59. The highest BCUT2D eigenvalue weighted by molar-refractivity contribution is 5.81. The summed E-state index contributed by atoms with van der Waals surface area (Å²) in [4.78, 5) is 13.2. The molecule has 2 nitrogen and oxygen atoms in total. The van der Waals surface area contributed by atoms with Crippen molar-refractivity contribution in [3.05, 3.63) is 35.9 Å². The van der Waals surface area contributed by atoms with Gasteiger partial charge in [0.2, 0.25) is 5.91 Å². The second-order valence-electron chi connectivity index (χ2n) is 4.42. The monoisotopic (exact) mass is 257 g/mol. The summed E-state index contributed by atoms with van der Waals surface area (Å²) in [5, 5.41) is 0. The number of benzene rings is 1. The zero-order chi connectivity index (χ0) is 13.1. The lowest BCUT2D eigenvalue weighted by atomic mass is 10.0. The summed E-state index contributed by atoms with van der Waals surface area (Å²) < 4.78 is 37.7. The molecular weight excluding hydrogens is 243 g/mol. The van der Waals surface area contributed by atoms with Crippen molar-refractivity contribution in [2.45, 2.75) is 25.6 Å². The fourth-order valence-corrected chi connectivity index (χ4v) is 2.19. The standard InChI is InChI=1S/C13H14F3NO/c14-11(12(15)16)10-6-7-17(13(10)18)8-9-4-2-1-3-5-9/h1-5,10-12H,6-8H2. The van der Waals surface area contributed by atoms with Gasteiger partial charge in [-0.3, -0.25) is 4.79 Å². The van der Waals surface area contributed by atoms with Crippen LogP contribution < -0.4 is 0 Å². The minimum absolute atomic E-state index is 0.164. The number of carbonyl (C=O) groups is 1. The third-order valence-corrected chi connectivity index (χ3v) is 3.18. The van der Waals surface area contributed by atoms with Crippen molar-refractivity contribution in [1.82, 2.24) is 4.90 Å². The number of halogens is 3. The number of hydrogen-bond acceptors (Lipinski definition) is 1. The fourth-order valence-electron chi connectivity index (χ4n) is 2.19. The molecule has 0 aliphatic carbocycles. The number of hydrogen-bond donors (Lipinski definition) is 0. The third-order valence-electron chi connectivity index (χ3n) is 3.18. The Balaban J connectivity index is 1.99. The summed E-state index contributed by atoms with van der Waals surface area (Å²) in [5.41, 5.74) is 0.916. The van der Waals surface area contributed by atoms with E-state index in [9.17, 15) is 18.0 Å². The number of amides is 1. The molecule has 1 aliphatic rings. The molecule has 2 atom stereocenters. The predicted octanol–water partition coefficient (Wildman–Crippen LogP) is 2.64. The van der Waals surface area contributed by atoms with E-state index in [-0.39, 0.29) is 6.42 Å². The van der Waals surface area contributed by atoms with Crippen LogP contribution in [-0.2, 0) is 11.3 Å². The molecule has 1 saturated heterocycles. The highest BCUT2D eigenvalue weighted by atomic mass is 19.3. The van der Waals surface area contributed by atoms with E-state index in [0.717, 1.165) is 5.56 Å². The maximum absolute atomic E-state index is 13.2. The number of likely N-dealkylation sites (tertiary alicyclic amines) is 1. The van der Waals surface area contributed by atoms with E-state index < -0.39 is 24.4 Å². The van der Waals surface area contributed by atoms with Gasteiger partial charge in [-0.25, -0.2) is 13.2 Å². The molecule has 2 unspecified atom stereocenters. The molecule has 98 valence electrons. The first-order valence-electron chi connectivity index (χ1n) is 5.84. The van der Waals surface area contributed by atoms with E-state index in [4.69, 9.17) is 0 Å². The Morgan fingerprint density at radius 3 is 2.50 bits per heavy atom. The van der Waals surface area contributed by atoms with Crippen LogP contribution in [0, 0.1) is 5.92 Å². The van der Waals surface area contributed by atoms with Crippen molar-refractivity contribution in [1.29, 1.82) is 0 Å². The summed E-state index contributed by atoms with van der Waals surface area (Å²) in [6.45, 7) is 0.692. The van der Waals surface area contributed by atoms with Crippen molar-refractivity contribution in [2.24, 2.45) is 5.92 Å². The van der Waals surface area contributed by atoms with Gasteiger partial charge in [0.05, 0.1) is 5.92 Å². The van der Waals surface area contributed by atoms with Crippen LogP contribution in [0.15, 0.2) is 30.3 Å². The molecule has 1 amide bonds. The Bertz CT molecular complexity index is 410. The van der Waals surface area contributed by atoms with Gasteiger partial charge in [-0.1, -0.05) is 30.3 Å². The van der Waals surface area contributed by atoms with Gasteiger partial charge >= 0.3 is 0 Å². The summed E-state index contributed by atoms with van der Waals surface area (Å²) in [6, 6.07) is 9.22. The van der Waals surface area contributed by atoms with E-state index in [1.54, 1.807) is 0 Å². The van der Waals surface area contributed by atoms with E-state index in [2.05, 4.69) is 0 Å². The number of nitrogens with zero attached hydrogens (tertiary/aromatic N) is 1. The Hall–Kier alpha value is -1.52. The Labute approximate surface area is 103 Å². The molecule has 18 heavy (non-hydrogen) atoms. The summed E-state index contributed by atoms with van der Waals surface area (Å²) in [7, 11) is 0. The third kappa shape index (κ3) is 2.66. The van der Waals surface area contributed by atoms with Gasteiger partial charge in [0.15, 0.2) is 6.17 Å². The molecule has 0 N–H and O–H groups in total. The highest BCUT2D eigenvalue weighted by Crippen LogP contribution is 2.28. The second kappa shape index (κ2) is 5.42. The quantitative estimate of drug-likeness (QED) is 0.812. The van der Waals surface area contributed by atoms with Gasteiger partial charge in [0.1, 0.15) is 0 Å². The summed E-state index contributed by atoms with van der Waals surface area (Å²) >= 11 is 0. The smallest absolute Gasteiger partial charge is 0.270 e. The fraction of sp³-hybridized carbons (Fsp3) is 0.462. The Morgan fingerprint density at radius 1 is 1.22 bits per heavy atom. The van der Waals surface area contributed by atoms with Crippen LogP contribution in [0.2, 0.25) is 0 Å². The van der Waals surface area contributed by atoms with Gasteiger partial charge in [-0.15, -0.1) is 0 Å². The molecule has 0 aromatic heterocycles. The first-order valence-corrected chi connectivity index (χ1v) is 5.84. The molecule has 2 rings (SSSR count). The molecule has 0 spiro atoms. The van der Waals surface area contributed by atoms with Crippen LogP contribution in [0.25, 0.3) is 0 Å². The SMILES string of the molecule is O=C1C(C(F)C(F)F)CCN1Cc1ccccc1. The molecule has 1 aromatic rings. The zero-order valence-electron chi connectivity index (χ0n) is 9.73. The molecule has 0 saturated carbocycles. The average molecular weight is 257 g/mol. The van der Waals surface area contributed by atoms with E-state index in [1.807, 2.05) is 30.3 Å². The Morgan fingerprint density at radius 2 is 1.89 bits per heavy atom. The van der Waals surface area contributed by atoms with Crippen molar-refractivity contribution >= 4 is 5.91 Å². The van der Waals surface area contributed by atoms with Gasteiger partial charge in [-0.05, 0) is 12.0 Å². The number of rotatable bonds is 4. The maximum Gasteiger partial charge on any atom is 0.270 e. The topological polar surface area (TPSA) is 20.3 Å². The molecule has 5 heteroatoms. The van der Waals surface area contributed by atoms with Gasteiger partial charge < -0.3 is 4.90 Å². The Kier molecular flexibility index (Phi) is 3.89. The van der Waals surface area contributed by atoms with Crippen molar-refractivity contribution in [3.8, 4) is 0 Å². The lowest BCUT2D eigenvalue weighted by Crippen LogP contribution is -2.33. The molecule has 1 fully saturated rings. The van der Waals surface area contributed by atoms with Crippen LogP contribution in [0.3, 0.4) is 0 Å². The first kappa shape index (κ1) is 12.9. The van der Waals surface area contributed by atoms with Crippen LogP contribution in [0.5, 0.6) is 0 Å². The largest absolute Gasteiger partial charge is 0.338 e. The van der Waals surface area contributed by atoms with Crippen LogP contribution >= 0.6 is 0 Å². The minimum Gasteiger partial charge on any atom is -0.338 e. The van der Waals surface area contributed by atoms with Crippen LogP contribution in [0.4, 0.5) is 13.2 Å². The molecule has 0 radical (unpaired) electrons. The van der Waals surface area contributed by atoms with E-state index in [1.165, 1.54) is 4.90 Å². The minimum atomic E-state index is -3.09. The van der Waals surface area contributed by atoms with Crippen molar-refractivity contribution in [2.75, 3.05) is 6.54 Å². The molecule has 1 aliphatic heterocycles.